The number of pyridine rings is 1. The van der Waals surface area contributed by atoms with Crippen LogP contribution < -0.4 is 5.73 Å². The molecule has 0 bridgehead atoms. The van der Waals surface area contributed by atoms with Gasteiger partial charge in [0.25, 0.3) is 6.29 Å². The maximum Gasteiger partial charge on any atom is 0.285 e. The van der Waals surface area contributed by atoms with E-state index in [0.29, 0.717) is 5.84 Å². The number of azo groups is 1. The Morgan fingerprint density at radius 1 is 1.25 bits per heavy atom. The third-order valence-corrected chi connectivity index (χ3v) is 1.39. The molecular weight excluding hydrogens is 154 g/mol. The summed E-state index contributed by atoms with van der Waals surface area (Å²) in [6, 6.07) is 3.66. The number of hydrogen-bond donors (Lipinski definition) is 1. The van der Waals surface area contributed by atoms with E-state index in [1.165, 1.54) is 0 Å². The van der Waals surface area contributed by atoms with Gasteiger partial charge in [0.05, 0.1) is 0 Å². The molecule has 0 fully saturated rings. The normalized spacial score (nSPS) is 16.6. The fourth-order valence-electron chi connectivity index (χ4n) is 0.869. The summed E-state index contributed by atoms with van der Waals surface area (Å²) in [5, 5.41) is 7.34. The molecule has 2 rings (SSSR count). The third kappa shape index (κ3) is 1.22. The predicted molar refractivity (Wildman–Crippen MR) is 43.1 cm³/mol. The van der Waals surface area contributed by atoms with E-state index in [1.807, 2.05) is 12.1 Å². The molecular formula is C7H6N5. The number of amidine groups is 1. The minimum Gasteiger partial charge on any atom is -0.282 e. The Labute approximate surface area is 69.1 Å². The van der Waals surface area contributed by atoms with Crippen LogP contribution in [0.25, 0.3) is 0 Å². The van der Waals surface area contributed by atoms with Crippen molar-refractivity contribution in [3.8, 4) is 0 Å². The number of nitrogens with two attached hydrogens (primary N) is 1. The van der Waals surface area contributed by atoms with Gasteiger partial charge in [-0.15, -0.1) is 10.2 Å². The average molecular weight is 160 g/mol. The number of nitrogens with zero attached hydrogens (tertiary/aromatic N) is 4. The number of hydrogen-bond acceptors (Lipinski definition) is 5. The third-order valence-electron chi connectivity index (χ3n) is 1.39. The zero-order valence-corrected chi connectivity index (χ0v) is 6.18. The van der Waals surface area contributed by atoms with Crippen molar-refractivity contribution >= 4 is 5.84 Å². The maximum absolute atomic E-state index is 5.31. The molecule has 12 heavy (non-hydrogen) atoms. The van der Waals surface area contributed by atoms with Gasteiger partial charge in [-0.2, -0.15) is 0 Å². The van der Waals surface area contributed by atoms with E-state index in [1.54, 1.807) is 12.4 Å². The van der Waals surface area contributed by atoms with Crippen molar-refractivity contribution in [2.24, 2.45) is 21.0 Å². The number of aliphatic imine (C=N–C) groups is 1. The summed E-state index contributed by atoms with van der Waals surface area (Å²) >= 11 is 0. The van der Waals surface area contributed by atoms with Crippen molar-refractivity contribution in [2.45, 2.75) is 0 Å². The van der Waals surface area contributed by atoms with E-state index in [-0.39, 0.29) is 6.29 Å². The first-order chi connectivity index (χ1) is 5.86. The van der Waals surface area contributed by atoms with Gasteiger partial charge in [0, 0.05) is 18.0 Å². The smallest absolute Gasteiger partial charge is 0.282 e. The van der Waals surface area contributed by atoms with Gasteiger partial charge in [0.2, 0.25) is 0 Å². The Kier molecular flexibility index (Phi) is 1.64. The average Bonchev–Trinajstić information content (AvgIpc) is 2.54. The molecule has 0 aliphatic carbocycles. The van der Waals surface area contributed by atoms with Crippen LogP contribution in [-0.4, -0.2) is 10.8 Å². The Morgan fingerprint density at radius 2 is 2.17 bits per heavy atom. The first kappa shape index (κ1) is 7.05. The number of rotatable bonds is 1. The van der Waals surface area contributed by atoms with Gasteiger partial charge < -0.3 is 0 Å². The molecule has 1 radical (unpaired) electrons. The molecule has 1 aliphatic heterocycles. The molecule has 0 saturated heterocycles. The summed E-state index contributed by atoms with van der Waals surface area (Å²) < 4.78 is 0. The second kappa shape index (κ2) is 2.78. The summed E-state index contributed by atoms with van der Waals surface area (Å²) in [4.78, 5) is 7.82. The van der Waals surface area contributed by atoms with Crippen LogP contribution in [0.2, 0.25) is 0 Å². The zero-order chi connectivity index (χ0) is 8.39. The second-order valence-electron chi connectivity index (χ2n) is 2.24. The lowest BCUT2D eigenvalue weighted by atomic mass is 10.3. The van der Waals surface area contributed by atoms with Crippen molar-refractivity contribution in [1.82, 2.24) is 4.98 Å². The molecule has 1 aromatic rings. The van der Waals surface area contributed by atoms with Crippen LogP contribution in [0.4, 0.5) is 0 Å². The van der Waals surface area contributed by atoms with Crippen molar-refractivity contribution < 1.29 is 0 Å². The predicted octanol–water partition coefficient (Wildman–Crippen LogP) is 0.700. The van der Waals surface area contributed by atoms with Gasteiger partial charge in [0.15, 0.2) is 5.84 Å². The van der Waals surface area contributed by atoms with Crippen LogP contribution in [0.5, 0.6) is 0 Å². The molecule has 0 atom stereocenters. The summed E-state index contributed by atoms with van der Waals surface area (Å²) in [6.45, 7) is 0. The van der Waals surface area contributed by atoms with Crippen LogP contribution in [0.15, 0.2) is 39.7 Å². The first-order valence-electron chi connectivity index (χ1n) is 3.39. The molecule has 1 aromatic heterocycles. The molecule has 0 aromatic carbocycles. The van der Waals surface area contributed by atoms with Gasteiger partial charge in [0.1, 0.15) is 0 Å². The highest BCUT2D eigenvalue weighted by Gasteiger charge is 2.12. The molecule has 5 nitrogen and oxygen atoms in total. The van der Waals surface area contributed by atoms with E-state index < -0.39 is 0 Å². The maximum atomic E-state index is 5.31. The molecule has 59 valence electrons. The van der Waals surface area contributed by atoms with Gasteiger partial charge in [-0.1, -0.05) is 0 Å². The molecule has 0 saturated carbocycles. The summed E-state index contributed by atoms with van der Waals surface area (Å²) in [5.74, 6) is 0.514. The van der Waals surface area contributed by atoms with Crippen LogP contribution in [0.3, 0.4) is 0 Å². The van der Waals surface area contributed by atoms with Crippen LogP contribution >= 0.6 is 0 Å². The molecule has 5 heteroatoms. The van der Waals surface area contributed by atoms with E-state index in [2.05, 4.69) is 20.2 Å². The topological polar surface area (TPSA) is 76.0 Å². The molecule has 0 unspecified atom stereocenters. The van der Waals surface area contributed by atoms with Crippen LogP contribution in [-0.2, 0) is 0 Å². The van der Waals surface area contributed by atoms with Crippen molar-refractivity contribution in [3.05, 3.63) is 36.4 Å². The minimum absolute atomic E-state index is 0.189. The molecule has 2 N–H and O–H groups in total. The van der Waals surface area contributed by atoms with E-state index in [9.17, 15) is 0 Å². The van der Waals surface area contributed by atoms with Gasteiger partial charge in [-0.05, 0) is 12.1 Å². The zero-order valence-electron chi connectivity index (χ0n) is 6.18. The Balaban J connectivity index is 2.34. The van der Waals surface area contributed by atoms with E-state index in [4.69, 9.17) is 5.73 Å². The molecule has 1 aliphatic rings. The lowest BCUT2D eigenvalue weighted by molar-refractivity contribution is 0.943. The number of aromatic nitrogens is 1. The van der Waals surface area contributed by atoms with E-state index in [0.717, 1.165) is 5.56 Å². The fraction of sp³-hybridized carbons (Fsp3) is 0. The van der Waals surface area contributed by atoms with Crippen LogP contribution in [0.1, 0.15) is 5.56 Å². The molecule has 0 spiro atoms. The Bertz CT molecular complexity index is 329. The van der Waals surface area contributed by atoms with Gasteiger partial charge in [-0.25, -0.2) is 4.99 Å². The summed E-state index contributed by atoms with van der Waals surface area (Å²) in [6.07, 6.45) is 3.54. The highest BCUT2D eigenvalue weighted by Crippen LogP contribution is 2.11. The minimum atomic E-state index is 0.189. The second-order valence-corrected chi connectivity index (χ2v) is 2.24. The summed E-state index contributed by atoms with van der Waals surface area (Å²) in [5.41, 5.74) is 6.13. The highest BCUT2D eigenvalue weighted by molar-refractivity contribution is 6.00. The first-order valence-corrected chi connectivity index (χ1v) is 3.39. The van der Waals surface area contributed by atoms with Crippen molar-refractivity contribution in [2.75, 3.05) is 0 Å². The Morgan fingerprint density at radius 3 is 2.75 bits per heavy atom. The van der Waals surface area contributed by atoms with E-state index >= 15 is 0 Å². The van der Waals surface area contributed by atoms with Crippen LogP contribution in [0, 0.1) is 6.29 Å². The van der Waals surface area contributed by atoms with Gasteiger partial charge >= 0.3 is 0 Å². The lowest BCUT2D eigenvalue weighted by Crippen LogP contribution is -2.00. The fourth-order valence-corrected chi connectivity index (χ4v) is 0.869. The standard InChI is InChI=1S/C7H6N5/c8-7-10-6(11-12-7)5-2-1-3-9-4-5/h1-4H,8H2. The highest BCUT2D eigenvalue weighted by atomic mass is 15.3. The monoisotopic (exact) mass is 160 g/mol. The quantitative estimate of drug-likeness (QED) is 0.656. The van der Waals surface area contributed by atoms with Crippen molar-refractivity contribution in [3.63, 3.8) is 0 Å². The lowest BCUT2D eigenvalue weighted by Gasteiger charge is -1.92. The molecule has 2 heterocycles. The summed E-state index contributed by atoms with van der Waals surface area (Å²) in [7, 11) is 0. The largest absolute Gasteiger partial charge is 0.285 e. The van der Waals surface area contributed by atoms with Gasteiger partial charge in [-0.3, -0.25) is 10.7 Å². The van der Waals surface area contributed by atoms with Crippen molar-refractivity contribution in [1.29, 1.82) is 0 Å². The molecule has 0 amide bonds. The SMILES string of the molecule is N[C]1N=NC(c2cccnc2)=N1. The Hall–Kier alpha value is -1.62.